The minimum Gasteiger partial charge on any atom is -0.333 e. The van der Waals surface area contributed by atoms with Crippen molar-refractivity contribution in [3.8, 4) is 0 Å². The third-order valence-corrected chi connectivity index (χ3v) is 7.51. The summed E-state index contributed by atoms with van der Waals surface area (Å²) in [5, 5.41) is 2.13. The SMILES string of the molecule is CCCN(CC(=O)N1CCc2sccc2C1c1ccc(C)cc1)C(=O)C1CCCC1. The Bertz CT molecular complexity index is 883. The van der Waals surface area contributed by atoms with Gasteiger partial charge in [0.05, 0.1) is 12.6 Å². The number of benzene rings is 1. The molecule has 2 heterocycles. The number of nitrogens with zero attached hydrogens (tertiary/aromatic N) is 2. The maximum Gasteiger partial charge on any atom is 0.242 e. The molecular formula is C25H32N2O2S. The molecule has 1 fully saturated rings. The molecule has 1 aliphatic carbocycles. The molecule has 1 aromatic carbocycles. The largest absolute Gasteiger partial charge is 0.333 e. The van der Waals surface area contributed by atoms with Crippen LogP contribution in [-0.2, 0) is 16.0 Å². The summed E-state index contributed by atoms with van der Waals surface area (Å²) in [4.78, 5) is 31.8. The summed E-state index contributed by atoms with van der Waals surface area (Å²) in [6.07, 6.45) is 5.98. The van der Waals surface area contributed by atoms with Crippen molar-refractivity contribution < 1.29 is 9.59 Å². The van der Waals surface area contributed by atoms with Gasteiger partial charge in [0, 0.05) is 23.9 Å². The molecule has 1 aliphatic heterocycles. The first kappa shape index (κ1) is 21.1. The summed E-state index contributed by atoms with van der Waals surface area (Å²) in [5.74, 6) is 0.363. The van der Waals surface area contributed by atoms with Crippen molar-refractivity contribution in [3.05, 3.63) is 57.3 Å². The van der Waals surface area contributed by atoms with E-state index in [9.17, 15) is 9.59 Å². The van der Waals surface area contributed by atoms with Gasteiger partial charge in [-0.3, -0.25) is 9.59 Å². The fraction of sp³-hybridized carbons (Fsp3) is 0.520. The van der Waals surface area contributed by atoms with Crippen molar-refractivity contribution in [3.63, 3.8) is 0 Å². The van der Waals surface area contributed by atoms with E-state index in [1.807, 2.05) is 9.80 Å². The maximum absolute atomic E-state index is 13.5. The summed E-state index contributed by atoms with van der Waals surface area (Å²) in [7, 11) is 0. The lowest BCUT2D eigenvalue weighted by Crippen LogP contribution is -2.48. The molecule has 1 unspecified atom stereocenters. The van der Waals surface area contributed by atoms with Crippen LogP contribution in [0.15, 0.2) is 35.7 Å². The highest BCUT2D eigenvalue weighted by Gasteiger charge is 2.35. The number of aryl methyl sites for hydroxylation is 1. The van der Waals surface area contributed by atoms with Gasteiger partial charge in [-0.2, -0.15) is 0 Å². The van der Waals surface area contributed by atoms with Gasteiger partial charge in [0.2, 0.25) is 11.8 Å². The van der Waals surface area contributed by atoms with Crippen LogP contribution in [0.3, 0.4) is 0 Å². The van der Waals surface area contributed by atoms with Crippen molar-refractivity contribution >= 4 is 23.2 Å². The lowest BCUT2D eigenvalue weighted by atomic mass is 9.92. The third kappa shape index (κ3) is 4.31. The van der Waals surface area contributed by atoms with Gasteiger partial charge < -0.3 is 9.80 Å². The molecule has 2 aromatic rings. The Morgan fingerprint density at radius 3 is 2.57 bits per heavy atom. The Morgan fingerprint density at radius 1 is 1.13 bits per heavy atom. The van der Waals surface area contributed by atoms with Crippen molar-refractivity contribution in [2.45, 2.75) is 58.4 Å². The summed E-state index contributed by atoms with van der Waals surface area (Å²) >= 11 is 1.78. The van der Waals surface area contributed by atoms with E-state index in [1.165, 1.54) is 16.0 Å². The van der Waals surface area contributed by atoms with Crippen LogP contribution in [-0.4, -0.2) is 41.2 Å². The molecular weight excluding hydrogens is 392 g/mol. The molecule has 0 bridgehead atoms. The van der Waals surface area contributed by atoms with Crippen molar-refractivity contribution in [2.75, 3.05) is 19.6 Å². The summed E-state index contributed by atoms with van der Waals surface area (Å²) in [6.45, 7) is 5.73. The molecule has 1 aromatic heterocycles. The molecule has 2 aliphatic rings. The fourth-order valence-corrected chi connectivity index (χ4v) is 5.82. The normalized spacial score (nSPS) is 19.0. The van der Waals surface area contributed by atoms with Crippen LogP contribution >= 0.6 is 11.3 Å². The summed E-state index contributed by atoms with van der Waals surface area (Å²) in [6, 6.07) is 10.6. The van der Waals surface area contributed by atoms with Crippen LogP contribution in [0.4, 0.5) is 0 Å². The predicted molar refractivity (Wildman–Crippen MR) is 122 cm³/mol. The summed E-state index contributed by atoms with van der Waals surface area (Å²) in [5.41, 5.74) is 3.61. The van der Waals surface area contributed by atoms with Gasteiger partial charge in [0.25, 0.3) is 0 Å². The van der Waals surface area contributed by atoms with E-state index in [0.717, 1.165) is 44.1 Å². The minimum absolute atomic E-state index is 0.0573. The van der Waals surface area contributed by atoms with Crippen LogP contribution in [0.25, 0.3) is 0 Å². The van der Waals surface area contributed by atoms with E-state index in [-0.39, 0.29) is 30.3 Å². The highest BCUT2D eigenvalue weighted by Crippen LogP contribution is 2.38. The fourth-order valence-electron chi connectivity index (χ4n) is 4.92. The number of hydrogen-bond donors (Lipinski definition) is 0. The average Bonchev–Trinajstić information content (AvgIpc) is 3.44. The molecule has 4 rings (SSSR count). The lowest BCUT2D eigenvalue weighted by Gasteiger charge is -2.38. The Morgan fingerprint density at radius 2 is 1.87 bits per heavy atom. The van der Waals surface area contributed by atoms with Crippen molar-refractivity contribution in [1.29, 1.82) is 0 Å². The molecule has 0 saturated heterocycles. The smallest absolute Gasteiger partial charge is 0.242 e. The Labute approximate surface area is 183 Å². The second-order valence-corrected chi connectivity index (χ2v) is 9.69. The molecule has 2 amide bonds. The molecule has 30 heavy (non-hydrogen) atoms. The zero-order valence-corrected chi connectivity index (χ0v) is 18.9. The zero-order chi connectivity index (χ0) is 21.1. The van der Waals surface area contributed by atoms with Gasteiger partial charge in [-0.25, -0.2) is 0 Å². The second kappa shape index (κ2) is 9.34. The second-order valence-electron chi connectivity index (χ2n) is 8.69. The van der Waals surface area contributed by atoms with Crippen LogP contribution in [0.5, 0.6) is 0 Å². The zero-order valence-electron chi connectivity index (χ0n) is 18.1. The molecule has 0 N–H and O–H groups in total. The summed E-state index contributed by atoms with van der Waals surface area (Å²) < 4.78 is 0. The van der Waals surface area contributed by atoms with Crippen molar-refractivity contribution in [1.82, 2.24) is 9.80 Å². The first-order valence-corrected chi connectivity index (χ1v) is 12.2. The van der Waals surface area contributed by atoms with E-state index < -0.39 is 0 Å². The van der Waals surface area contributed by atoms with E-state index in [1.54, 1.807) is 11.3 Å². The Balaban J connectivity index is 1.57. The number of fused-ring (bicyclic) bond motifs is 1. The monoisotopic (exact) mass is 424 g/mol. The number of rotatable bonds is 6. The Kier molecular flexibility index (Phi) is 6.57. The van der Waals surface area contributed by atoms with E-state index in [2.05, 4.69) is 49.6 Å². The standard InChI is InChI=1S/C25H32N2O2S/c1-3-14-26(25(29)20-6-4-5-7-20)17-23(28)27-15-12-22-21(13-16-30-22)24(27)19-10-8-18(2)9-11-19/h8-11,13,16,20,24H,3-7,12,14-15,17H2,1-2H3. The average molecular weight is 425 g/mol. The quantitative estimate of drug-likeness (QED) is 0.658. The van der Waals surface area contributed by atoms with Crippen molar-refractivity contribution in [2.24, 2.45) is 5.92 Å². The van der Waals surface area contributed by atoms with Gasteiger partial charge in [0.1, 0.15) is 0 Å². The van der Waals surface area contributed by atoms with E-state index in [0.29, 0.717) is 13.1 Å². The highest BCUT2D eigenvalue weighted by molar-refractivity contribution is 7.10. The number of hydrogen-bond acceptors (Lipinski definition) is 3. The minimum atomic E-state index is -0.0573. The number of amides is 2. The van der Waals surface area contributed by atoms with Gasteiger partial charge >= 0.3 is 0 Å². The molecule has 4 nitrogen and oxygen atoms in total. The van der Waals surface area contributed by atoms with Crippen LogP contribution in [0, 0.1) is 12.8 Å². The number of thiophene rings is 1. The molecule has 0 radical (unpaired) electrons. The Hall–Kier alpha value is -2.14. The topological polar surface area (TPSA) is 40.6 Å². The molecule has 1 saturated carbocycles. The number of carbonyl (C=O) groups is 2. The first-order chi connectivity index (χ1) is 14.6. The lowest BCUT2D eigenvalue weighted by molar-refractivity contribution is -0.144. The van der Waals surface area contributed by atoms with E-state index >= 15 is 0 Å². The highest BCUT2D eigenvalue weighted by atomic mass is 32.1. The van der Waals surface area contributed by atoms with Crippen LogP contribution < -0.4 is 0 Å². The maximum atomic E-state index is 13.5. The van der Waals surface area contributed by atoms with Crippen LogP contribution in [0.2, 0.25) is 0 Å². The molecule has 5 heteroatoms. The number of carbonyl (C=O) groups excluding carboxylic acids is 2. The third-order valence-electron chi connectivity index (χ3n) is 6.52. The molecule has 0 spiro atoms. The first-order valence-electron chi connectivity index (χ1n) is 11.3. The van der Waals surface area contributed by atoms with Gasteiger partial charge in [-0.1, -0.05) is 49.6 Å². The van der Waals surface area contributed by atoms with E-state index in [4.69, 9.17) is 0 Å². The van der Waals surface area contributed by atoms with Gasteiger partial charge in [-0.15, -0.1) is 11.3 Å². The van der Waals surface area contributed by atoms with Gasteiger partial charge in [0.15, 0.2) is 0 Å². The van der Waals surface area contributed by atoms with Gasteiger partial charge in [-0.05, 0) is 55.2 Å². The predicted octanol–water partition coefficient (Wildman–Crippen LogP) is 4.96. The molecule has 1 atom stereocenters. The molecule has 160 valence electrons. The van der Waals surface area contributed by atoms with Crippen LogP contribution in [0.1, 0.15) is 66.6 Å².